The summed E-state index contributed by atoms with van der Waals surface area (Å²) in [6.07, 6.45) is 2.61. The standard InChI is InChI=1S/C16H16FN3O/c17-13-9-14(15(18)19-10-13)16(21)20-7-5-11-3-1-2-4-12(11)6-8-20/h1-4,9-10H,5-8H2,(H2,18,19). The molecule has 1 aromatic carbocycles. The fourth-order valence-corrected chi connectivity index (χ4v) is 2.66. The van der Waals surface area contributed by atoms with Gasteiger partial charge in [0.25, 0.3) is 5.91 Å². The summed E-state index contributed by atoms with van der Waals surface area (Å²) in [6, 6.07) is 9.33. The van der Waals surface area contributed by atoms with Crippen molar-refractivity contribution in [2.45, 2.75) is 12.8 Å². The second kappa shape index (κ2) is 5.52. The number of nitrogen functional groups attached to an aromatic ring is 1. The molecule has 1 aliphatic heterocycles. The van der Waals surface area contributed by atoms with E-state index in [2.05, 4.69) is 17.1 Å². The van der Waals surface area contributed by atoms with E-state index in [1.54, 1.807) is 4.90 Å². The van der Waals surface area contributed by atoms with Gasteiger partial charge in [-0.3, -0.25) is 4.79 Å². The SMILES string of the molecule is Nc1ncc(F)cc1C(=O)N1CCc2ccccc2CC1. The zero-order valence-electron chi connectivity index (χ0n) is 11.6. The molecular formula is C16H16FN3O. The van der Waals surface area contributed by atoms with Crippen molar-refractivity contribution in [2.75, 3.05) is 18.8 Å². The van der Waals surface area contributed by atoms with E-state index in [0.29, 0.717) is 13.1 Å². The maximum absolute atomic E-state index is 13.3. The van der Waals surface area contributed by atoms with E-state index >= 15 is 0 Å². The van der Waals surface area contributed by atoms with Crippen LogP contribution in [0.2, 0.25) is 0 Å². The Hall–Kier alpha value is -2.43. The number of nitrogens with two attached hydrogens (primary N) is 1. The minimum Gasteiger partial charge on any atom is -0.383 e. The number of carbonyl (C=O) groups excluding carboxylic acids is 1. The smallest absolute Gasteiger partial charge is 0.257 e. The molecule has 2 N–H and O–H groups in total. The van der Waals surface area contributed by atoms with Crippen molar-refractivity contribution in [3.63, 3.8) is 0 Å². The molecule has 108 valence electrons. The number of rotatable bonds is 1. The molecule has 3 rings (SSSR count). The Bertz CT molecular complexity index is 660. The monoisotopic (exact) mass is 285 g/mol. The van der Waals surface area contributed by atoms with Gasteiger partial charge in [-0.2, -0.15) is 0 Å². The lowest BCUT2D eigenvalue weighted by Crippen LogP contribution is -2.34. The fourth-order valence-electron chi connectivity index (χ4n) is 2.66. The fraction of sp³-hybridized carbons (Fsp3) is 0.250. The van der Waals surface area contributed by atoms with Crippen LogP contribution in [0.1, 0.15) is 21.5 Å². The number of pyridine rings is 1. The second-order valence-corrected chi connectivity index (χ2v) is 5.15. The number of benzene rings is 1. The molecule has 4 nitrogen and oxygen atoms in total. The average molecular weight is 285 g/mol. The molecular weight excluding hydrogens is 269 g/mol. The van der Waals surface area contributed by atoms with Crippen LogP contribution in [0, 0.1) is 5.82 Å². The summed E-state index contributed by atoms with van der Waals surface area (Å²) < 4.78 is 13.3. The lowest BCUT2D eigenvalue weighted by atomic mass is 10.0. The number of hydrogen-bond donors (Lipinski definition) is 1. The molecule has 0 saturated carbocycles. The summed E-state index contributed by atoms with van der Waals surface area (Å²) in [5.41, 5.74) is 8.36. The summed E-state index contributed by atoms with van der Waals surface area (Å²) in [7, 11) is 0. The second-order valence-electron chi connectivity index (χ2n) is 5.15. The van der Waals surface area contributed by atoms with Gasteiger partial charge in [-0.05, 0) is 30.0 Å². The third kappa shape index (κ3) is 2.72. The Morgan fingerprint density at radius 2 is 1.81 bits per heavy atom. The summed E-state index contributed by atoms with van der Waals surface area (Å²) in [5.74, 6) is -0.735. The first-order chi connectivity index (χ1) is 10.1. The van der Waals surface area contributed by atoms with Crippen LogP contribution in [0.4, 0.5) is 10.2 Å². The molecule has 0 fully saturated rings. The molecule has 0 atom stereocenters. The Morgan fingerprint density at radius 3 is 2.43 bits per heavy atom. The summed E-state index contributed by atoms with van der Waals surface area (Å²) in [4.78, 5) is 17.9. The van der Waals surface area contributed by atoms with Crippen molar-refractivity contribution < 1.29 is 9.18 Å². The first-order valence-electron chi connectivity index (χ1n) is 6.92. The lowest BCUT2D eigenvalue weighted by Gasteiger charge is -2.20. The van der Waals surface area contributed by atoms with Gasteiger partial charge >= 0.3 is 0 Å². The van der Waals surface area contributed by atoms with Gasteiger partial charge in [-0.1, -0.05) is 24.3 Å². The van der Waals surface area contributed by atoms with Gasteiger partial charge in [-0.15, -0.1) is 0 Å². The van der Waals surface area contributed by atoms with Gasteiger partial charge in [-0.25, -0.2) is 9.37 Å². The molecule has 0 spiro atoms. The quantitative estimate of drug-likeness (QED) is 0.872. The highest BCUT2D eigenvalue weighted by molar-refractivity contribution is 5.98. The molecule has 5 heteroatoms. The molecule has 1 aromatic heterocycles. The highest BCUT2D eigenvalue weighted by Gasteiger charge is 2.22. The zero-order valence-corrected chi connectivity index (χ0v) is 11.6. The van der Waals surface area contributed by atoms with Crippen LogP contribution in [-0.2, 0) is 12.8 Å². The predicted molar refractivity (Wildman–Crippen MR) is 78.4 cm³/mol. The third-order valence-electron chi connectivity index (χ3n) is 3.82. The van der Waals surface area contributed by atoms with E-state index in [-0.39, 0.29) is 17.3 Å². The summed E-state index contributed by atoms with van der Waals surface area (Å²) in [5, 5.41) is 0. The molecule has 2 aromatic rings. The minimum absolute atomic E-state index is 0.0724. The molecule has 0 bridgehead atoms. The van der Waals surface area contributed by atoms with Crippen molar-refractivity contribution in [1.82, 2.24) is 9.88 Å². The van der Waals surface area contributed by atoms with Crippen molar-refractivity contribution >= 4 is 11.7 Å². The van der Waals surface area contributed by atoms with Gasteiger partial charge in [0, 0.05) is 13.1 Å². The van der Waals surface area contributed by atoms with E-state index in [9.17, 15) is 9.18 Å². The van der Waals surface area contributed by atoms with E-state index in [0.717, 1.165) is 25.1 Å². The van der Waals surface area contributed by atoms with Crippen molar-refractivity contribution in [3.8, 4) is 0 Å². The number of amides is 1. The van der Waals surface area contributed by atoms with Gasteiger partial charge < -0.3 is 10.6 Å². The zero-order chi connectivity index (χ0) is 14.8. The van der Waals surface area contributed by atoms with Crippen LogP contribution in [0.3, 0.4) is 0 Å². The molecule has 21 heavy (non-hydrogen) atoms. The third-order valence-corrected chi connectivity index (χ3v) is 3.82. The Labute approximate surface area is 122 Å². The van der Waals surface area contributed by atoms with Crippen molar-refractivity contribution in [3.05, 3.63) is 59.0 Å². The number of hydrogen-bond acceptors (Lipinski definition) is 3. The molecule has 1 aliphatic rings. The molecule has 0 aliphatic carbocycles. The van der Waals surface area contributed by atoms with Crippen LogP contribution in [-0.4, -0.2) is 28.9 Å². The number of anilines is 1. The highest BCUT2D eigenvalue weighted by Crippen LogP contribution is 2.19. The summed E-state index contributed by atoms with van der Waals surface area (Å²) >= 11 is 0. The van der Waals surface area contributed by atoms with Gasteiger partial charge in [0.05, 0.1) is 11.8 Å². The Balaban J connectivity index is 1.82. The molecule has 0 radical (unpaired) electrons. The highest BCUT2D eigenvalue weighted by atomic mass is 19.1. The molecule has 0 saturated heterocycles. The minimum atomic E-state index is -0.550. The van der Waals surface area contributed by atoms with E-state index < -0.39 is 5.82 Å². The number of fused-ring (bicyclic) bond motifs is 1. The largest absolute Gasteiger partial charge is 0.383 e. The van der Waals surface area contributed by atoms with Gasteiger partial charge in [0.1, 0.15) is 11.6 Å². The van der Waals surface area contributed by atoms with Crippen LogP contribution in [0.25, 0.3) is 0 Å². The lowest BCUT2D eigenvalue weighted by molar-refractivity contribution is 0.0763. The number of halogens is 1. The van der Waals surface area contributed by atoms with Crippen LogP contribution in [0.15, 0.2) is 36.5 Å². The van der Waals surface area contributed by atoms with Crippen LogP contribution < -0.4 is 5.73 Å². The Kier molecular flexibility index (Phi) is 3.56. The van der Waals surface area contributed by atoms with Crippen LogP contribution >= 0.6 is 0 Å². The summed E-state index contributed by atoms with van der Waals surface area (Å²) in [6.45, 7) is 1.21. The molecule has 1 amide bonds. The topological polar surface area (TPSA) is 59.2 Å². The van der Waals surface area contributed by atoms with E-state index in [4.69, 9.17) is 5.73 Å². The molecule has 0 unspecified atom stereocenters. The Morgan fingerprint density at radius 1 is 1.19 bits per heavy atom. The van der Waals surface area contributed by atoms with Crippen LogP contribution in [0.5, 0.6) is 0 Å². The normalized spacial score (nSPS) is 14.4. The van der Waals surface area contributed by atoms with Gasteiger partial charge in [0.15, 0.2) is 0 Å². The van der Waals surface area contributed by atoms with Crippen molar-refractivity contribution in [1.29, 1.82) is 0 Å². The molecule has 2 heterocycles. The number of aromatic nitrogens is 1. The maximum Gasteiger partial charge on any atom is 0.257 e. The number of carbonyl (C=O) groups is 1. The maximum atomic E-state index is 13.3. The van der Waals surface area contributed by atoms with Gasteiger partial charge in [0.2, 0.25) is 0 Å². The van der Waals surface area contributed by atoms with E-state index in [1.165, 1.54) is 11.1 Å². The first-order valence-corrected chi connectivity index (χ1v) is 6.92. The average Bonchev–Trinajstić information content (AvgIpc) is 2.71. The number of nitrogens with zero attached hydrogens (tertiary/aromatic N) is 2. The predicted octanol–water partition coefficient (Wildman–Crippen LogP) is 2.04. The first kappa shape index (κ1) is 13.5. The van der Waals surface area contributed by atoms with Crippen molar-refractivity contribution in [2.24, 2.45) is 0 Å². The van der Waals surface area contributed by atoms with E-state index in [1.807, 2.05) is 12.1 Å².